The molecule has 3 aromatic carbocycles. The third kappa shape index (κ3) is 3.01. The summed E-state index contributed by atoms with van der Waals surface area (Å²) in [4.78, 5) is 44.4. The van der Waals surface area contributed by atoms with Gasteiger partial charge in [-0.2, -0.15) is 0 Å². The summed E-state index contributed by atoms with van der Waals surface area (Å²) in [6.45, 7) is 2.05. The normalized spacial score (nSPS) is 27.2. The SMILES string of the molecule is C[C@@H]1N[C@]2(C(=O)N(Cc3ccc(F)cc3)c3ccccc32)[C@@H]2C(=O)N(c3ccc(Cl)cc3)C(=O)[C@@H]12. The highest BCUT2D eigenvalue weighted by Gasteiger charge is 2.71. The summed E-state index contributed by atoms with van der Waals surface area (Å²) in [6.07, 6.45) is 0. The van der Waals surface area contributed by atoms with Crippen molar-refractivity contribution in [2.45, 2.75) is 25.0 Å². The maximum Gasteiger partial charge on any atom is 0.253 e. The van der Waals surface area contributed by atoms with Crippen molar-refractivity contribution in [1.82, 2.24) is 5.32 Å². The number of fused-ring (bicyclic) bond motifs is 4. The first kappa shape index (κ1) is 21.9. The molecule has 3 aliphatic rings. The number of benzene rings is 3. The zero-order valence-electron chi connectivity index (χ0n) is 18.7. The van der Waals surface area contributed by atoms with Crippen LogP contribution in [0.25, 0.3) is 0 Å². The number of imide groups is 1. The lowest BCUT2D eigenvalue weighted by Gasteiger charge is -2.30. The summed E-state index contributed by atoms with van der Waals surface area (Å²) < 4.78 is 13.5. The van der Waals surface area contributed by atoms with Crippen LogP contribution in [0.5, 0.6) is 0 Å². The van der Waals surface area contributed by atoms with Gasteiger partial charge < -0.3 is 4.90 Å². The lowest BCUT2D eigenvalue weighted by atomic mass is 9.76. The molecule has 0 radical (unpaired) electrons. The molecule has 6 nitrogen and oxygen atoms in total. The fourth-order valence-electron chi connectivity index (χ4n) is 5.88. The van der Waals surface area contributed by atoms with Crippen LogP contribution in [-0.2, 0) is 26.5 Å². The molecule has 3 amide bonds. The molecule has 1 spiro atoms. The van der Waals surface area contributed by atoms with E-state index in [1.165, 1.54) is 17.0 Å². The molecule has 2 saturated heterocycles. The maximum absolute atomic E-state index is 14.2. The third-order valence-electron chi connectivity index (χ3n) is 7.35. The fourth-order valence-corrected chi connectivity index (χ4v) is 6.01. The highest BCUT2D eigenvalue weighted by Crippen LogP contribution is 2.55. The minimum atomic E-state index is -1.37. The van der Waals surface area contributed by atoms with Crippen LogP contribution >= 0.6 is 11.6 Å². The minimum Gasteiger partial charge on any atom is -0.306 e. The topological polar surface area (TPSA) is 69.7 Å². The zero-order chi connectivity index (χ0) is 24.5. The predicted molar refractivity (Wildman–Crippen MR) is 129 cm³/mol. The molecule has 35 heavy (non-hydrogen) atoms. The lowest BCUT2D eigenvalue weighted by molar-refractivity contribution is -0.132. The van der Waals surface area contributed by atoms with E-state index in [1.54, 1.807) is 41.3 Å². The molecule has 0 aliphatic carbocycles. The standard InChI is InChI=1S/C27H21ClFN3O3/c1-15-22-23(25(34)32(24(22)33)19-12-8-17(28)9-13-19)27(30-15)20-4-2-3-5-21(20)31(26(27)35)14-16-6-10-18(29)11-7-16/h2-13,15,22-23,30H,14H2,1H3/t15-,22-,23-,27-/m0/s1. The fraction of sp³-hybridized carbons (Fsp3) is 0.222. The van der Waals surface area contributed by atoms with Crippen LogP contribution in [-0.4, -0.2) is 23.8 Å². The number of nitrogens with one attached hydrogen (secondary N) is 1. The lowest BCUT2D eigenvalue weighted by Crippen LogP contribution is -2.54. The highest BCUT2D eigenvalue weighted by molar-refractivity contribution is 6.31. The third-order valence-corrected chi connectivity index (χ3v) is 7.60. The first-order valence-corrected chi connectivity index (χ1v) is 11.8. The van der Waals surface area contributed by atoms with Crippen molar-refractivity contribution in [2.75, 3.05) is 9.80 Å². The Morgan fingerprint density at radius 1 is 0.943 bits per heavy atom. The highest BCUT2D eigenvalue weighted by atomic mass is 35.5. The second-order valence-corrected chi connectivity index (χ2v) is 9.70. The average Bonchev–Trinajstić information content (AvgIpc) is 3.40. The average molecular weight is 490 g/mol. The Kier molecular flexibility index (Phi) is 4.85. The number of anilines is 2. The summed E-state index contributed by atoms with van der Waals surface area (Å²) in [5.74, 6) is -2.98. The van der Waals surface area contributed by atoms with E-state index in [9.17, 15) is 18.8 Å². The summed E-state index contributed by atoms with van der Waals surface area (Å²) in [5, 5.41) is 3.86. The van der Waals surface area contributed by atoms with E-state index in [0.29, 0.717) is 22.0 Å². The van der Waals surface area contributed by atoms with Gasteiger partial charge in [0.05, 0.1) is 24.1 Å². The Morgan fingerprint density at radius 3 is 2.34 bits per heavy atom. The molecule has 0 unspecified atom stereocenters. The van der Waals surface area contributed by atoms with Crippen LogP contribution in [0.2, 0.25) is 5.02 Å². The van der Waals surface area contributed by atoms with Crippen LogP contribution in [0, 0.1) is 17.7 Å². The van der Waals surface area contributed by atoms with Gasteiger partial charge in [-0.15, -0.1) is 0 Å². The molecule has 4 atom stereocenters. The molecular formula is C27H21ClFN3O3. The van der Waals surface area contributed by atoms with Gasteiger partial charge in [0.15, 0.2) is 0 Å². The van der Waals surface area contributed by atoms with Gasteiger partial charge in [0.1, 0.15) is 11.4 Å². The van der Waals surface area contributed by atoms with Crippen LogP contribution in [0.1, 0.15) is 18.1 Å². The summed E-state index contributed by atoms with van der Waals surface area (Å²) in [5.41, 5.74) is 1.17. The largest absolute Gasteiger partial charge is 0.306 e. The van der Waals surface area contributed by atoms with Crippen LogP contribution in [0.15, 0.2) is 72.8 Å². The number of rotatable bonds is 3. The molecule has 0 saturated carbocycles. The number of para-hydroxylation sites is 1. The van der Waals surface area contributed by atoms with Crippen LogP contribution < -0.4 is 15.1 Å². The molecular weight excluding hydrogens is 469 g/mol. The number of halogens is 2. The Morgan fingerprint density at radius 2 is 1.63 bits per heavy atom. The number of hydrogen-bond acceptors (Lipinski definition) is 4. The molecule has 6 rings (SSSR count). The molecule has 0 bridgehead atoms. The molecule has 3 heterocycles. The van der Waals surface area contributed by atoms with Crippen molar-refractivity contribution < 1.29 is 18.8 Å². The number of nitrogens with zero attached hydrogens (tertiary/aromatic N) is 2. The van der Waals surface area contributed by atoms with E-state index in [2.05, 4.69) is 5.32 Å². The number of carbonyl (C=O) groups is 3. The Labute approximate surface area is 206 Å². The minimum absolute atomic E-state index is 0.217. The Bertz CT molecular complexity index is 1380. The second kappa shape index (κ2) is 7.73. The van der Waals surface area contributed by atoms with E-state index < -0.39 is 29.3 Å². The van der Waals surface area contributed by atoms with Gasteiger partial charge in [0.25, 0.3) is 5.91 Å². The number of hydrogen-bond donors (Lipinski definition) is 1. The van der Waals surface area contributed by atoms with Crippen molar-refractivity contribution in [2.24, 2.45) is 11.8 Å². The molecule has 8 heteroatoms. The molecule has 2 fully saturated rings. The molecule has 0 aromatic heterocycles. The van der Waals surface area contributed by atoms with E-state index in [4.69, 9.17) is 11.6 Å². The molecule has 3 aliphatic heterocycles. The van der Waals surface area contributed by atoms with Crippen LogP contribution in [0.4, 0.5) is 15.8 Å². The molecule has 1 N–H and O–H groups in total. The van der Waals surface area contributed by atoms with Gasteiger partial charge in [-0.25, -0.2) is 9.29 Å². The van der Waals surface area contributed by atoms with Crippen LogP contribution in [0.3, 0.4) is 0 Å². The van der Waals surface area contributed by atoms with Gasteiger partial charge >= 0.3 is 0 Å². The summed E-state index contributed by atoms with van der Waals surface area (Å²) in [7, 11) is 0. The summed E-state index contributed by atoms with van der Waals surface area (Å²) in [6, 6.07) is 19.4. The molecule has 176 valence electrons. The van der Waals surface area contributed by atoms with Crippen molar-refractivity contribution >= 4 is 40.7 Å². The van der Waals surface area contributed by atoms with Gasteiger partial charge in [0, 0.05) is 22.3 Å². The van der Waals surface area contributed by atoms with Gasteiger partial charge in [0.2, 0.25) is 11.8 Å². The van der Waals surface area contributed by atoms with Gasteiger partial charge in [-0.1, -0.05) is 41.9 Å². The monoisotopic (exact) mass is 489 g/mol. The number of amides is 3. The van der Waals surface area contributed by atoms with Crippen molar-refractivity contribution in [3.05, 3.63) is 94.8 Å². The second-order valence-electron chi connectivity index (χ2n) is 9.27. The van der Waals surface area contributed by atoms with E-state index in [0.717, 1.165) is 5.56 Å². The first-order chi connectivity index (χ1) is 16.8. The van der Waals surface area contributed by atoms with Crippen molar-refractivity contribution in [3.8, 4) is 0 Å². The quantitative estimate of drug-likeness (QED) is 0.564. The van der Waals surface area contributed by atoms with E-state index in [-0.39, 0.29) is 24.2 Å². The van der Waals surface area contributed by atoms with Crippen molar-refractivity contribution in [1.29, 1.82) is 0 Å². The van der Waals surface area contributed by atoms with Gasteiger partial charge in [-0.05, 0) is 55.0 Å². The summed E-state index contributed by atoms with van der Waals surface area (Å²) >= 11 is 6.01. The smallest absolute Gasteiger partial charge is 0.253 e. The van der Waals surface area contributed by atoms with Gasteiger partial charge in [-0.3, -0.25) is 19.7 Å². The number of carbonyl (C=O) groups excluding carboxylic acids is 3. The first-order valence-electron chi connectivity index (χ1n) is 11.4. The predicted octanol–water partition coefficient (Wildman–Crippen LogP) is 4.02. The Hall–Kier alpha value is -3.55. The Balaban J connectivity index is 1.45. The van der Waals surface area contributed by atoms with E-state index >= 15 is 0 Å². The van der Waals surface area contributed by atoms with Crippen molar-refractivity contribution in [3.63, 3.8) is 0 Å². The maximum atomic E-state index is 14.2. The zero-order valence-corrected chi connectivity index (χ0v) is 19.5. The van der Waals surface area contributed by atoms with E-state index in [1.807, 2.05) is 31.2 Å². The molecule has 3 aromatic rings.